The molecule has 202 valence electrons. The van der Waals surface area contributed by atoms with Gasteiger partial charge in [0.05, 0.1) is 23.8 Å². The number of alkyl halides is 3. The van der Waals surface area contributed by atoms with E-state index in [0.717, 1.165) is 17.8 Å². The molecule has 3 aromatic rings. The van der Waals surface area contributed by atoms with E-state index in [1.165, 1.54) is 24.4 Å². The van der Waals surface area contributed by atoms with Gasteiger partial charge in [0, 0.05) is 30.4 Å². The largest absolute Gasteiger partial charge is 0.493 e. The molecule has 0 spiro atoms. The number of rotatable bonds is 10. The number of carboxylic acids is 1. The fraction of sp³-hybridized carbons (Fsp3) is 0.370. The highest BCUT2D eigenvalue weighted by atomic mass is 19.4. The Balaban J connectivity index is 1.57. The normalized spacial score (nSPS) is 17.6. The predicted molar refractivity (Wildman–Crippen MR) is 131 cm³/mol. The number of anilines is 1. The minimum atomic E-state index is -4.72. The Kier molecular flexibility index (Phi) is 7.75. The van der Waals surface area contributed by atoms with Crippen LogP contribution in [0.1, 0.15) is 66.0 Å². The first kappa shape index (κ1) is 27.2. The van der Waals surface area contributed by atoms with Gasteiger partial charge in [0.15, 0.2) is 0 Å². The monoisotopic (exact) mass is 533 g/mol. The molecule has 1 saturated carbocycles. The summed E-state index contributed by atoms with van der Waals surface area (Å²) in [6, 6.07) is 9.13. The Morgan fingerprint density at radius 1 is 1.21 bits per heavy atom. The van der Waals surface area contributed by atoms with Crippen molar-refractivity contribution in [1.29, 1.82) is 0 Å². The predicted octanol–water partition coefficient (Wildman–Crippen LogP) is 6.07. The van der Waals surface area contributed by atoms with Crippen molar-refractivity contribution in [2.75, 3.05) is 11.9 Å². The highest BCUT2D eigenvalue weighted by molar-refractivity contribution is 6.04. The molecule has 0 aliphatic heterocycles. The van der Waals surface area contributed by atoms with E-state index in [1.807, 2.05) is 13.8 Å². The molecule has 0 saturated heterocycles. The van der Waals surface area contributed by atoms with Gasteiger partial charge in [0.2, 0.25) is 5.95 Å². The second kappa shape index (κ2) is 10.8. The fourth-order valence-electron chi connectivity index (χ4n) is 4.50. The lowest BCUT2D eigenvalue weighted by Crippen LogP contribution is -2.22. The molecule has 1 fully saturated rings. The number of halogens is 4. The molecule has 1 aliphatic rings. The molecular weight excluding hydrogens is 506 g/mol. The Morgan fingerprint density at radius 3 is 2.61 bits per heavy atom. The lowest BCUT2D eigenvalue weighted by Gasteiger charge is -2.20. The van der Waals surface area contributed by atoms with Crippen LogP contribution in [0.25, 0.3) is 0 Å². The van der Waals surface area contributed by atoms with Crippen LogP contribution < -0.4 is 10.1 Å². The maximum absolute atomic E-state index is 13.7. The molecule has 38 heavy (non-hydrogen) atoms. The Labute approximate surface area is 216 Å². The minimum Gasteiger partial charge on any atom is -0.493 e. The average molecular weight is 534 g/mol. The summed E-state index contributed by atoms with van der Waals surface area (Å²) in [7, 11) is 0. The first-order valence-electron chi connectivity index (χ1n) is 12.2. The zero-order valence-electron chi connectivity index (χ0n) is 20.8. The number of amides is 1. The molecular formula is C27H27F4N3O4. The summed E-state index contributed by atoms with van der Waals surface area (Å²) < 4.78 is 61.8. The Morgan fingerprint density at radius 2 is 1.97 bits per heavy atom. The molecule has 0 bridgehead atoms. The summed E-state index contributed by atoms with van der Waals surface area (Å²) >= 11 is 0. The van der Waals surface area contributed by atoms with Gasteiger partial charge in [-0.05, 0) is 61.6 Å². The standard InChI is InChI=1S/C27H27F4N3O4/c1-3-15(2)34-17(9-11-38-18-8-10-32-24(28)13-18)5-7-23(34)25(35)33-22-12-16(19-14-20(19)26(36)37)4-6-21(22)27(29,30)31/h4-8,10,12-13,15,19-20H,3,9,11,14H2,1-2H3,(H,33,35)(H,36,37)/t15-,19+,20-/m0/s1. The highest BCUT2D eigenvalue weighted by Gasteiger charge is 2.45. The van der Waals surface area contributed by atoms with Gasteiger partial charge in [-0.15, -0.1) is 0 Å². The third-order valence-corrected chi connectivity index (χ3v) is 6.72. The van der Waals surface area contributed by atoms with E-state index in [2.05, 4.69) is 10.3 Å². The minimum absolute atomic E-state index is 0.143. The quantitative estimate of drug-likeness (QED) is 0.244. The van der Waals surface area contributed by atoms with Crippen molar-refractivity contribution in [1.82, 2.24) is 9.55 Å². The number of carbonyl (C=O) groups is 2. The van der Waals surface area contributed by atoms with Gasteiger partial charge in [-0.3, -0.25) is 9.59 Å². The summed E-state index contributed by atoms with van der Waals surface area (Å²) in [5.74, 6) is -3.13. The highest BCUT2D eigenvalue weighted by Crippen LogP contribution is 2.49. The van der Waals surface area contributed by atoms with Crippen molar-refractivity contribution in [3.8, 4) is 5.75 Å². The number of hydrogen-bond donors (Lipinski definition) is 2. The van der Waals surface area contributed by atoms with Crippen LogP contribution in [-0.2, 0) is 17.4 Å². The molecule has 1 aliphatic carbocycles. The van der Waals surface area contributed by atoms with Crippen molar-refractivity contribution in [2.24, 2.45) is 5.92 Å². The zero-order valence-corrected chi connectivity index (χ0v) is 20.8. The lowest BCUT2D eigenvalue weighted by atomic mass is 10.0. The fourth-order valence-corrected chi connectivity index (χ4v) is 4.50. The molecule has 2 aromatic heterocycles. The number of nitrogens with one attached hydrogen (secondary N) is 1. The number of carboxylic acid groups (broad SMARTS) is 1. The Hall–Kier alpha value is -3.89. The van der Waals surface area contributed by atoms with Crippen LogP contribution in [0.4, 0.5) is 23.2 Å². The molecule has 1 amide bonds. The van der Waals surface area contributed by atoms with Gasteiger partial charge < -0.3 is 19.7 Å². The van der Waals surface area contributed by atoms with Crippen molar-refractivity contribution in [2.45, 2.75) is 51.2 Å². The number of benzene rings is 1. The number of nitrogens with zero attached hydrogens (tertiary/aromatic N) is 2. The number of hydrogen-bond acceptors (Lipinski definition) is 4. The average Bonchev–Trinajstić information content (AvgIpc) is 3.56. The third-order valence-electron chi connectivity index (χ3n) is 6.72. The van der Waals surface area contributed by atoms with Gasteiger partial charge in [0.1, 0.15) is 11.4 Å². The second-order valence-corrected chi connectivity index (χ2v) is 9.29. The molecule has 2 heterocycles. The van der Waals surface area contributed by atoms with E-state index >= 15 is 0 Å². The molecule has 11 heteroatoms. The van der Waals surface area contributed by atoms with E-state index < -0.39 is 47.1 Å². The summed E-state index contributed by atoms with van der Waals surface area (Å²) in [5.41, 5.74) is -0.0910. The third kappa shape index (κ3) is 5.98. The molecule has 3 atom stereocenters. The van der Waals surface area contributed by atoms with Crippen molar-refractivity contribution in [3.63, 3.8) is 0 Å². The summed E-state index contributed by atoms with van der Waals surface area (Å²) in [4.78, 5) is 28.0. The van der Waals surface area contributed by atoms with Crippen LogP contribution >= 0.6 is 0 Å². The van der Waals surface area contributed by atoms with Crippen LogP contribution in [0, 0.1) is 11.9 Å². The summed E-state index contributed by atoms with van der Waals surface area (Å²) in [6.07, 6.45) is -2.08. The van der Waals surface area contributed by atoms with Gasteiger partial charge in [-0.25, -0.2) is 4.98 Å². The van der Waals surface area contributed by atoms with E-state index in [0.29, 0.717) is 30.6 Å². The van der Waals surface area contributed by atoms with Gasteiger partial charge >= 0.3 is 12.1 Å². The van der Waals surface area contributed by atoms with Crippen LogP contribution in [0.3, 0.4) is 0 Å². The second-order valence-electron chi connectivity index (χ2n) is 9.29. The van der Waals surface area contributed by atoms with E-state index in [1.54, 1.807) is 16.7 Å². The van der Waals surface area contributed by atoms with Crippen LogP contribution in [0.5, 0.6) is 5.75 Å². The molecule has 4 rings (SSSR count). The topological polar surface area (TPSA) is 93.5 Å². The number of carbonyl (C=O) groups excluding carboxylic acids is 1. The number of aromatic nitrogens is 2. The Bertz CT molecular complexity index is 1340. The first-order valence-corrected chi connectivity index (χ1v) is 12.2. The van der Waals surface area contributed by atoms with E-state index in [9.17, 15) is 32.3 Å². The lowest BCUT2D eigenvalue weighted by molar-refractivity contribution is -0.139. The van der Waals surface area contributed by atoms with Crippen LogP contribution in [0.15, 0.2) is 48.7 Å². The number of pyridine rings is 1. The van der Waals surface area contributed by atoms with E-state index in [-0.39, 0.29) is 18.3 Å². The smallest absolute Gasteiger partial charge is 0.418 e. The van der Waals surface area contributed by atoms with Crippen LogP contribution in [0.2, 0.25) is 0 Å². The van der Waals surface area contributed by atoms with Gasteiger partial charge in [-0.1, -0.05) is 13.0 Å². The van der Waals surface area contributed by atoms with Crippen molar-refractivity contribution in [3.05, 3.63) is 77.1 Å². The number of aliphatic carboxylic acids is 1. The molecule has 0 unspecified atom stereocenters. The van der Waals surface area contributed by atoms with Crippen LogP contribution in [-0.4, -0.2) is 33.1 Å². The maximum atomic E-state index is 13.7. The van der Waals surface area contributed by atoms with Gasteiger partial charge in [-0.2, -0.15) is 17.6 Å². The first-order chi connectivity index (χ1) is 18.0. The number of ether oxygens (including phenoxy) is 1. The molecule has 1 aromatic carbocycles. The summed E-state index contributed by atoms with van der Waals surface area (Å²) in [5, 5.41) is 11.6. The molecule has 0 radical (unpaired) electrons. The zero-order chi connectivity index (χ0) is 27.6. The maximum Gasteiger partial charge on any atom is 0.418 e. The molecule has 2 N–H and O–H groups in total. The van der Waals surface area contributed by atoms with Crippen molar-refractivity contribution >= 4 is 17.6 Å². The molecule has 7 nitrogen and oxygen atoms in total. The summed E-state index contributed by atoms with van der Waals surface area (Å²) in [6.45, 7) is 3.99. The van der Waals surface area contributed by atoms with Crippen molar-refractivity contribution < 1.29 is 37.0 Å². The van der Waals surface area contributed by atoms with Gasteiger partial charge in [0.25, 0.3) is 5.91 Å². The SMILES string of the molecule is CC[C@H](C)n1c(CCOc2ccnc(F)c2)ccc1C(=O)Nc1cc([C@H]2C[C@@H]2C(=O)O)ccc1C(F)(F)F. The van der Waals surface area contributed by atoms with E-state index in [4.69, 9.17) is 4.74 Å².